The van der Waals surface area contributed by atoms with Crippen molar-refractivity contribution in [2.24, 2.45) is 0 Å². The van der Waals surface area contributed by atoms with Crippen LogP contribution in [-0.2, 0) is 0 Å². The van der Waals surface area contributed by atoms with Crippen molar-refractivity contribution in [3.63, 3.8) is 0 Å². The highest BCUT2D eigenvalue weighted by Gasteiger charge is 2.27. The molecule has 3 heterocycles. The van der Waals surface area contributed by atoms with E-state index in [1.807, 2.05) is 28.8 Å². The van der Waals surface area contributed by atoms with Gasteiger partial charge in [0, 0.05) is 12.1 Å². The van der Waals surface area contributed by atoms with Gasteiger partial charge in [-0.2, -0.15) is 0 Å². The maximum atomic E-state index is 13.6. The molecule has 3 aromatic heterocycles. The molecule has 0 radical (unpaired) electrons. The average molecular weight is 387 g/mol. The molecule has 2 saturated carbocycles. The number of benzene rings is 1. The Labute approximate surface area is 168 Å². The molecule has 0 aliphatic heterocycles. The first-order valence-corrected chi connectivity index (χ1v) is 11.0. The molecule has 1 aromatic carbocycles. The summed E-state index contributed by atoms with van der Waals surface area (Å²) in [6.45, 7) is 0. The van der Waals surface area contributed by atoms with E-state index in [9.17, 15) is 4.79 Å². The molecule has 0 atom stereocenters. The van der Waals surface area contributed by atoms with Gasteiger partial charge in [0.05, 0.1) is 11.0 Å². The minimum atomic E-state index is 0.0473. The SMILES string of the molecule is O=c1c2c3nc4ccccc4nc3n(C3CCCCC3)c2ncn1C1CCCC1. The molecule has 0 bridgehead atoms. The summed E-state index contributed by atoms with van der Waals surface area (Å²) in [6, 6.07) is 8.53. The number of hydrogen-bond acceptors (Lipinski definition) is 4. The summed E-state index contributed by atoms with van der Waals surface area (Å²) >= 11 is 0. The zero-order valence-electron chi connectivity index (χ0n) is 16.5. The molecule has 6 heteroatoms. The highest BCUT2D eigenvalue weighted by Crippen LogP contribution is 2.36. The number of fused-ring (bicyclic) bond motifs is 4. The van der Waals surface area contributed by atoms with Crippen LogP contribution in [0.5, 0.6) is 0 Å². The minimum Gasteiger partial charge on any atom is -0.305 e. The van der Waals surface area contributed by atoms with E-state index >= 15 is 0 Å². The van der Waals surface area contributed by atoms with Gasteiger partial charge in [-0.15, -0.1) is 0 Å². The Hall–Kier alpha value is -2.76. The van der Waals surface area contributed by atoms with E-state index in [2.05, 4.69) is 4.57 Å². The fourth-order valence-electron chi connectivity index (χ4n) is 5.40. The molecular formula is C23H25N5O. The largest absolute Gasteiger partial charge is 0.305 e. The number of nitrogens with zero attached hydrogens (tertiary/aromatic N) is 5. The second-order valence-corrected chi connectivity index (χ2v) is 8.64. The highest BCUT2D eigenvalue weighted by molar-refractivity contribution is 6.04. The predicted molar refractivity (Wildman–Crippen MR) is 114 cm³/mol. The molecule has 2 aliphatic rings. The van der Waals surface area contributed by atoms with E-state index in [-0.39, 0.29) is 11.6 Å². The van der Waals surface area contributed by atoms with E-state index < -0.39 is 0 Å². The first-order chi connectivity index (χ1) is 14.3. The third kappa shape index (κ3) is 2.61. The van der Waals surface area contributed by atoms with E-state index in [1.54, 1.807) is 6.33 Å². The Bertz CT molecular complexity index is 1280. The van der Waals surface area contributed by atoms with Crippen LogP contribution in [0.3, 0.4) is 0 Å². The van der Waals surface area contributed by atoms with Crippen LogP contribution in [0.15, 0.2) is 35.4 Å². The van der Waals surface area contributed by atoms with Crippen molar-refractivity contribution in [1.29, 1.82) is 0 Å². The summed E-state index contributed by atoms with van der Waals surface area (Å²) in [7, 11) is 0. The van der Waals surface area contributed by atoms with Crippen LogP contribution < -0.4 is 5.56 Å². The topological polar surface area (TPSA) is 65.6 Å². The van der Waals surface area contributed by atoms with Crippen molar-refractivity contribution in [2.45, 2.75) is 69.9 Å². The summed E-state index contributed by atoms with van der Waals surface area (Å²) < 4.78 is 4.08. The van der Waals surface area contributed by atoms with Gasteiger partial charge in [0.15, 0.2) is 11.3 Å². The lowest BCUT2D eigenvalue weighted by molar-refractivity contribution is 0.365. The Kier molecular flexibility index (Phi) is 3.93. The van der Waals surface area contributed by atoms with E-state index in [0.717, 1.165) is 48.0 Å². The van der Waals surface area contributed by atoms with Gasteiger partial charge >= 0.3 is 0 Å². The molecule has 6 rings (SSSR count). The third-order valence-corrected chi connectivity index (χ3v) is 6.88. The van der Waals surface area contributed by atoms with Crippen LogP contribution in [-0.4, -0.2) is 24.1 Å². The quantitative estimate of drug-likeness (QED) is 0.490. The molecule has 0 saturated heterocycles. The lowest BCUT2D eigenvalue weighted by Crippen LogP contribution is -2.24. The molecule has 2 aliphatic carbocycles. The van der Waals surface area contributed by atoms with Crippen LogP contribution in [0.4, 0.5) is 0 Å². The van der Waals surface area contributed by atoms with Crippen molar-refractivity contribution < 1.29 is 0 Å². The first-order valence-electron chi connectivity index (χ1n) is 11.0. The van der Waals surface area contributed by atoms with Gasteiger partial charge in [-0.3, -0.25) is 9.36 Å². The van der Waals surface area contributed by atoms with E-state index in [4.69, 9.17) is 15.0 Å². The molecule has 2 fully saturated rings. The molecule has 4 aromatic rings. The van der Waals surface area contributed by atoms with Gasteiger partial charge in [-0.1, -0.05) is 44.2 Å². The molecule has 0 spiro atoms. The lowest BCUT2D eigenvalue weighted by atomic mass is 9.95. The average Bonchev–Trinajstić information content (AvgIpc) is 3.39. The monoisotopic (exact) mass is 387 g/mol. The summed E-state index contributed by atoms with van der Waals surface area (Å²) in [5, 5.41) is 0.651. The van der Waals surface area contributed by atoms with Gasteiger partial charge < -0.3 is 4.57 Å². The second-order valence-electron chi connectivity index (χ2n) is 8.64. The zero-order chi connectivity index (χ0) is 19.4. The maximum absolute atomic E-state index is 13.6. The summed E-state index contributed by atoms with van der Waals surface area (Å²) in [5.41, 5.74) is 4.05. The Morgan fingerprint density at radius 2 is 1.45 bits per heavy atom. The molecule has 0 amide bonds. The highest BCUT2D eigenvalue weighted by atomic mass is 16.1. The van der Waals surface area contributed by atoms with Gasteiger partial charge in [-0.25, -0.2) is 15.0 Å². The zero-order valence-corrected chi connectivity index (χ0v) is 16.5. The number of para-hydroxylation sites is 2. The number of hydrogen-bond donors (Lipinski definition) is 0. The standard InChI is InChI=1S/C23H25N5O/c29-23-19-20-22(26-18-13-7-6-12-17(18)25-20)28(16-10-2-1-3-11-16)21(19)24-14-27(23)15-8-4-5-9-15/h6-7,12-16H,1-5,8-11H2. The summed E-state index contributed by atoms with van der Waals surface area (Å²) in [4.78, 5) is 28.3. The number of aromatic nitrogens is 5. The third-order valence-electron chi connectivity index (χ3n) is 6.88. The fourth-order valence-corrected chi connectivity index (χ4v) is 5.40. The Balaban J connectivity index is 1.70. The molecule has 6 nitrogen and oxygen atoms in total. The molecule has 148 valence electrons. The summed E-state index contributed by atoms with van der Waals surface area (Å²) in [5.74, 6) is 0. The molecular weight excluding hydrogens is 362 g/mol. The van der Waals surface area contributed by atoms with Gasteiger partial charge in [0.1, 0.15) is 17.2 Å². The van der Waals surface area contributed by atoms with Crippen LogP contribution in [0.1, 0.15) is 69.9 Å². The van der Waals surface area contributed by atoms with Crippen molar-refractivity contribution >= 4 is 33.2 Å². The van der Waals surface area contributed by atoms with Crippen LogP contribution in [0.25, 0.3) is 33.2 Å². The smallest absolute Gasteiger partial charge is 0.265 e. The first kappa shape index (κ1) is 17.1. The van der Waals surface area contributed by atoms with Crippen molar-refractivity contribution in [3.05, 3.63) is 40.9 Å². The Morgan fingerprint density at radius 1 is 0.793 bits per heavy atom. The molecule has 0 unspecified atom stereocenters. The second kappa shape index (κ2) is 6.65. The Morgan fingerprint density at radius 3 is 2.21 bits per heavy atom. The van der Waals surface area contributed by atoms with Gasteiger partial charge in [-0.05, 0) is 37.8 Å². The maximum Gasteiger partial charge on any atom is 0.265 e. The lowest BCUT2D eigenvalue weighted by Gasteiger charge is -2.24. The fraction of sp³-hybridized carbons (Fsp3) is 0.478. The molecule has 0 N–H and O–H groups in total. The minimum absolute atomic E-state index is 0.0473. The van der Waals surface area contributed by atoms with Crippen LogP contribution in [0.2, 0.25) is 0 Å². The van der Waals surface area contributed by atoms with Gasteiger partial charge in [0.25, 0.3) is 5.56 Å². The van der Waals surface area contributed by atoms with Crippen LogP contribution in [0, 0.1) is 0 Å². The van der Waals surface area contributed by atoms with Crippen molar-refractivity contribution in [2.75, 3.05) is 0 Å². The predicted octanol–water partition coefficient (Wildman–Crippen LogP) is 4.91. The molecule has 29 heavy (non-hydrogen) atoms. The van der Waals surface area contributed by atoms with Crippen molar-refractivity contribution in [1.82, 2.24) is 24.1 Å². The van der Waals surface area contributed by atoms with Crippen molar-refractivity contribution in [3.8, 4) is 0 Å². The van der Waals surface area contributed by atoms with Gasteiger partial charge in [0.2, 0.25) is 0 Å². The number of rotatable bonds is 2. The van der Waals surface area contributed by atoms with E-state index in [1.165, 1.54) is 32.1 Å². The van der Waals surface area contributed by atoms with E-state index in [0.29, 0.717) is 16.9 Å². The summed E-state index contributed by atoms with van der Waals surface area (Å²) in [6.07, 6.45) is 12.2. The van der Waals surface area contributed by atoms with Crippen LogP contribution >= 0.6 is 0 Å². The normalized spacial score (nSPS) is 19.0.